The van der Waals surface area contributed by atoms with E-state index in [1.54, 1.807) is 0 Å². The Bertz CT molecular complexity index is 581. The first-order chi connectivity index (χ1) is 8.31. The number of H-pyrrole nitrogens is 2. The van der Waals surface area contributed by atoms with Crippen LogP contribution in [0.5, 0.6) is 0 Å². The number of carbonyl (C=O) groups is 1. The van der Waals surface area contributed by atoms with E-state index in [4.69, 9.17) is 0 Å². The van der Waals surface area contributed by atoms with Gasteiger partial charge in [-0.25, -0.2) is 4.79 Å². The molecule has 98 valence electrons. The van der Waals surface area contributed by atoms with Gasteiger partial charge in [-0.1, -0.05) is 0 Å². The highest BCUT2D eigenvalue weighted by molar-refractivity contribution is 14.1. The third kappa shape index (κ3) is 4.91. The fourth-order valence-electron chi connectivity index (χ4n) is 1.15. The molecular weight excluding hydrogens is 347 g/mol. The molecule has 0 bridgehead atoms. The van der Waals surface area contributed by atoms with Crippen LogP contribution >= 0.6 is 22.6 Å². The van der Waals surface area contributed by atoms with Gasteiger partial charge in [-0.3, -0.25) is 4.79 Å². The Labute approximate surface area is 118 Å². The zero-order chi connectivity index (χ0) is 13.8. The highest BCUT2D eigenvalue weighted by Crippen LogP contribution is 2.11. The number of carbonyl (C=O) groups excluding carboxylic acids is 1. The molecule has 6 heteroatoms. The van der Waals surface area contributed by atoms with Crippen molar-refractivity contribution in [3.8, 4) is 0 Å². The molecule has 0 saturated heterocycles. The second-order valence-electron chi connectivity index (χ2n) is 4.60. The third-order valence-corrected chi connectivity index (χ3v) is 2.55. The molecule has 2 N–H and O–H groups in total. The average Bonchev–Trinajstić information content (AvgIpc) is 2.56. The topological polar surface area (TPSA) is 75.0 Å². The average molecular weight is 362 g/mol. The van der Waals surface area contributed by atoms with Crippen molar-refractivity contribution in [2.24, 2.45) is 0 Å². The molecule has 5 nitrogen and oxygen atoms in total. The molecule has 18 heavy (non-hydrogen) atoms. The van der Waals surface area contributed by atoms with Gasteiger partial charge in [0.1, 0.15) is 5.60 Å². The van der Waals surface area contributed by atoms with Crippen molar-refractivity contribution in [3.05, 3.63) is 32.3 Å². The predicted octanol–water partition coefficient (Wildman–Crippen LogP) is 2.42. The van der Waals surface area contributed by atoms with E-state index in [2.05, 4.69) is 37.3 Å². The van der Waals surface area contributed by atoms with Gasteiger partial charge in [0.25, 0.3) is 6.47 Å². The van der Waals surface area contributed by atoms with Gasteiger partial charge in [0.05, 0.1) is 11.0 Å². The van der Waals surface area contributed by atoms with Crippen molar-refractivity contribution < 1.29 is 9.53 Å². The molecule has 2 aromatic rings. The maximum absolute atomic E-state index is 10.8. The lowest BCUT2D eigenvalue weighted by Crippen LogP contribution is -2.17. The highest BCUT2D eigenvalue weighted by Gasteiger charge is 2.07. The van der Waals surface area contributed by atoms with Crippen LogP contribution in [-0.2, 0) is 9.53 Å². The van der Waals surface area contributed by atoms with Crippen molar-refractivity contribution in [1.29, 1.82) is 0 Å². The smallest absolute Gasteiger partial charge is 0.323 e. The molecule has 1 aromatic carbocycles. The van der Waals surface area contributed by atoms with Crippen molar-refractivity contribution in [3.63, 3.8) is 0 Å². The summed E-state index contributed by atoms with van der Waals surface area (Å²) in [5, 5.41) is 0. The van der Waals surface area contributed by atoms with Crippen LogP contribution in [0.4, 0.5) is 0 Å². The van der Waals surface area contributed by atoms with E-state index in [0.717, 1.165) is 14.6 Å². The Hall–Kier alpha value is -1.31. The number of benzene rings is 1. The third-order valence-electron chi connectivity index (χ3n) is 1.88. The van der Waals surface area contributed by atoms with Crippen molar-refractivity contribution in [2.75, 3.05) is 0 Å². The largest absolute Gasteiger partial charge is 0.462 e. The number of aromatic nitrogens is 2. The summed E-state index contributed by atoms with van der Waals surface area (Å²) in [7, 11) is 0. The van der Waals surface area contributed by atoms with Crippen LogP contribution < -0.4 is 5.69 Å². The summed E-state index contributed by atoms with van der Waals surface area (Å²) in [5.41, 5.74) is 1.25. The van der Waals surface area contributed by atoms with Crippen molar-refractivity contribution in [2.45, 2.75) is 26.4 Å². The Morgan fingerprint density at radius 3 is 2.33 bits per heavy atom. The summed E-state index contributed by atoms with van der Waals surface area (Å²) in [5.74, 6) is 0. The van der Waals surface area contributed by atoms with Crippen LogP contribution in [-0.4, -0.2) is 22.0 Å². The molecule has 1 heterocycles. The van der Waals surface area contributed by atoms with E-state index < -0.39 is 0 Å². The lowest BCUT2D eigenvalue weighted by molar-refractivity contribution is -0.138. The summed E-state index contributed by atoms with van der Waals surface area (Å²) >= 11 is 2.20. The number of hydrogen-bond acceptors (Lipinski definition) is 3. The van der Waals surface area contributed by atoms with E-state index in [1.165, 1.54) is 0 Å². The maximum Gasteiger partial charge on any atom is 0.323 e. The second kappa shape index (κ2) is 6.03. The molecule has 0 radical (unpaired) electrons. The minimum Gasteiger partial charge on any atom is -0.462 e. The van der Waals surface area contributed by atoms with Crippen LogP contribution in [0.3, 0.4) is 0 Å². The standard InChI is InChI=1S/C7H5IN2O.C5H10O2/c8-4-1-2-5-6(3-4)10-7(11)9-5;1-5(2,3)7-4-6/h1-3H,(H2,9,10,11);4H,1-3H3. The Kier molecular flexibility index (Phi) is 4.94. The molecule has 1 aromatic heterocycles. The van der Waals surface area contributed by atoms with Gasteiger partial charge in [-0.15, -0.1) is 0 Å². The highest BCUT2D eigenvalue weighted by atomic mass is 127. The first kappa shape index (κ1) is 14.7. The Balaban J connectivity index is 0.000000203. The number of fused-ring (bicyclic) bond motifs is 1. The van der Waals surface area contributed by atoms with Crippen LogP contribution in [0.1, 0.15) is 20.8 Å². The number of nitrogens with one attached hydrogen (secondary N) is 2. The first-order valence-electron chi connectivity index (χ1n) is 5.31. The van der Waals surface area contributed by atoms with Crippen LogP contribution in [0.2, 0.25) is 0 Å². The molecule has 0 aliphatic carbocycles. The molecule has 2 rings (SSSR count). The lowest BCUT2D eigenvalue weighted by atomic mass is 10.2. The minimum atomic E-state index is -0.318. The second-order valence-corrected chi connectivity index (χ2v) is 5.84. The number of hydrogen-bond donors (Lipinski definition) is 2. The summed E-state index contributed by atoms with van der Waals surface area (Å²) in [4.78, 5) is 25.7. The zero-order valence-corrected chi connectivity index (χ0v) is 12.6. The van der Waals surface area contributed by atoms with Gasteiger partial charge in [0.2, 0.25) is 0 Å². The molecule has 0 atom stereocenters. The molecule has 0 aliphatic rings. The number of imidazole rings is 1. The lowest BCUT2D eigenvalue weighted by Gasteiger charge is -2.14. The number of aromatic amines is 2. The van der Waals surface area contributed by atoms with E-state index in [9.17, 15) is 9.59 Å². The van der Waals surface area contributed by atoms with E-state index >= 15 is 0 Å². The Morgan fingerprint density at radius 1 is 1.22 bits per heavy atom. The summed E-state index contributed by atoms with van der Waals surface area (Å²) in [6, 6.07) is 5.76. The Morgan fingerprint density at radius 2 is 1.83 bits per heavy atom. The van der Waals surface area contributed by atoms with Gasteiger partial charge in [0, 0.05) is 3.57 Å². The van der Waals surface area contributed by atoms with Crippen LogP contribution in [0.25, 0.3) is 11.0 Å². The SMILES string of the molecule is CC(C)(C)OC=O.O=c1[nH]c2ccc(I)cc2[nH]1. The molecule has 0 saturated carbocycles. The predicted molar refractivity (Wildman–Crippen MR) is 78.5 cm³/mol. The monoisotopic (exact) mass is 362 g/mol. The molecule has 0 fully saturated rings. The van der Waals surface area contributed by atoms with Gasteiger partial charge < -0.3 is 14.7 Å². The van der Waals surface area contributed by atoms with Crippen molar-refractivity contribution >= 4 is 40.1 Å². The molecular formula is C12H15IN2O3. The first-order valence-corrected chi connectivity index (χ1v) is 6.39. The van der Waals surface area contributed by atoms with Gasteiger partial charge in [0.15, 0.2) is 0 Å². The fraction of sp³-hybridized carbons (Fsp3) is 0.333. The quantitative estimate of drug-likeness (QED) is 0.604. The van der Waals surface area contributed by atoms with Gasteiger partial charge in [-0.05, 0) is 61.6 Å². The zero-order valence-electron chi connectivity index (χ0n) is 10.4. The van der Waals surface area contributed by atoms with Crippen LogP contribution in [0, 0.1) is 3.57 Å². The van der Waals surface area contributed by atoms with E-state index in [1.807, 2.05) is 39.0 Å². The summed E-state index contributed by atoms with van der Waals surface area (Å²) in [6.07, 6.45) is 0. The van der Waals surface area contributed by atoms with E-state index in [-0.39, 0.29) is 11.3 Å². The van der Waals surface area contributed by atoms with Crippen LogP contribution in [0.15, 0.2) is 23.0 Å². The summed E-state index contributed by atoms with van der Waals surface area (Å²) in [6.45, 7) is 5.92. The van der Waals surface area contributed by atoms with Crippen molar-refractivity contribution in [1.82, 2.24) is 9.97 Å². The molecule has 0 amide bonds. The molecule has 0 unspecified atom stereocenters. The normalized spacial score (nSPS) is 10.7. The minimum absolute atomic E-state index is 0.151. The van der Waals surface area contributed by atoms with Gasteiger partial charge in [-0.2, -0.15) is 0 Å². The number of ether oxygens (including phenoxy) is 1. The van der Waals surface area contributed by atoms with E-state index in [0.29, 0.717) is 6.47 Å². The number of rotatable bonds is 1. The summed E-state index contributed by atoms with van der Waals surface area (Å²) < 4.78 is 5.66. The molecule has 0 spiro atoms. The molecule has 0 aliphatic heterocycles. The number of halogens is 1. The van der Waals surface area contributed by atoms with Gasteiger partial charge >= 0.3 is 5.69 Å². The maximum atomic E-state index is 10.8. The fourth-order valence-corrected chi connectivity index (χ4v) is 1.64.